The Bertz CT molecular complexity index is 974. The molecular weight excluding hydrogens is 396 g/mol. The van der Waals surface area contributed by atoms with Crippen molar-refractivity contribution in [1.82, 2.24) is 0 Å². The van der Waals surface area contributed by atoms with Gasteiger partial charge in [0.15, 0.2) is 0 Å². The van der Waals surface area contributed by atoms with Gasteiger partial charge in [-0.15, -0.1) is 0 Å². The molecule has 5 nitrogen and oxygen atoms in total. The van der Waals surface area contributed by atoms with Gasteiger partial charge in [0, 0.05) is 10.7 Å². The Labute approximate surface area is 172 Å². The third kappa shape index (κ3) is 4.86. The average molecular weight is 423 g/mol. The summed E-state index contributed by atoms with van der Waals surface area (Å²) in [5, 5.41) is 3.40. The van der Waals surface area contributed by atoms with Gasteiger partial charge in [0.25, 0.3) is 0 Å². The molecule has 0 heterocycles. The second-order valence-corrected chi connectivity index (χ2v) is 9.13. The van der Waals surface area contributed by atoms with Crippen LogP contribution in [0, 0.1) is 13.8 Å². The SMILES string of the molecule is CCc1cccc(C)c1NC(=O)[C@@H](CC)N(c1ccc(C)c(Cl)c1)S(C)(=O)=O. The fourth-order valence-electron chi connectivity index (χ4n) is 3.19. The van der Waals surface area contributed by atoms with Crippen LogP contribution in [0.15, 0.2) is 36.4 Å². The third-order valence-electron chi connectivity index (χ3n) is 4.73. The smallest absolute Gasteiger partial charge is 0.248 e. The number of hydrogen-bond donors (Lipinski definition) is 1. The summed E-state index contributed by atoms with van der Waals surface area (Å²) in [6, 6.07) is 9.93. The quantitative estimate of drug-likeness (QED) is 0.703. The summed E-state index contributed by atoms with van der Waals surface area (Å²) in [4.78, 5) is 13.1. The van der Waals surface area contributed by atoms with Crippen LogP contribution in [0.3, 0.4) is 0 Å². The fourth-order valence-corrected chi connectivity index (χ4v) is 4.57. The number of nitrogens with zero attached hydrogens (tertiary/aromatic N) is 1. The van der Waals surface area contributed by atoms with Gasteiger partial charge in [-0.25, -0.2) is 8.42 Å². The van der Waals surface area contributed by atoms with Crippen molar-refractivity contribution in [3.63, 3.8) is 0 Å². The lowest BCUT2D eigenvalue weighted by atomic mass is 10.0. The molecule has 0 aromatic heterocycles. The first-order valence-electron chi connectivity index (χ1n) is 9.25. The lowest BCUT2D eigenvalue weighted by Gasteiger charge is -2.30. The lowest BCUT2D eigenvalue weighted by Crippen LogP contribution is -2.47. The normalized spacial score (nSPS) is 12.5. The first-order chi connectivity index (χ1) is 13.1. The Hall–Kier alpha value is -2.05. The highest BCUT2D eigenvalue weighted by molar-refractivity contribution is 7.92. The zero-order valence-corrected chi connectivity index (χ0v) is 18.5. The van der Waals surface area contributed by atoms with Crippen molar-refractivity contribution >= 4 is 38.9 Å². The number of amides is 1. The minimum atomic E-state index is -3.71. The molecule has 0 saturated carbocycles. The van der Waals surface area contributed by atoms with E-state index in [0.717, 1.165) is 39.4 Å². The molecule has 2 rings (SSSR count). The predicted octanol–water partition coefficient (Wildman–Crippen LogP) is 4.70. The van der Waals surface area contributed by atoms with Crippen LogP contribution in [0.4, 0.5) is 11.4 Å². The van der Waals surface area contributed by atoms with Crippen molar-refractivity contribution in [2.45, 2.75) is 46.6 Å². The minimum Gasteiger partial charge on any atom is -0.324 e. The molecule has 7 heteroatoms. The molecule has 0 aliphatic heterocycles. The molecule has 1 amide bonds. The first-order valence-corrected chi connectivity index (χ1v) is 11.5. The number of para-hydroxylation sites is 1. The zero-order valence-electron chi connectivity index (χ0n) is 16.9. The van der Waals surface area contributed by atoms with E-state index >= 15 is 0 Å². The van der Waals surface area contributed by atoms with Crippen molar-refractivity contribution in [2.24, 2.45) is 0 Å². The molecular formula is C21H27ClN2O3S. The number of nitrogens with one attached hydrogen (secondary N) is 1. The van der Waals surface area contributed by atoms with E-state index in [9.17, 15) is 13.2 Å². The molecule has 0 saturated heterocycles. The van der Waals surface area contributed by atoms with E-state index in [2.05, 4.69) is 5.32 Å². The maximum absolute atomic E-state index is 13.1. The van der Waals surface area contributed by atoms with E-state index in [1.54, 1.807) is 25.1 Å². The highest BCUT2D eigenvalue weighted by atomic mass is 35.5. The van der Waals surface area contributed by atoms with Crippen LogP contribution in [0.25, 0.3) is 0 Å². The Morgan fingerprint density at radius 2 is 1.82 bits per heavy atom. The Kier molecular flexibility index (Phi) is 7.12. The Morgan fingerprint density at radius 3 is 2.36 bits per heavy atom. The van der Waals surface area contributed by atoms with Crippen molar-refractivity contribution in [3.05, 3.63) is 58.1 Å². The predicted molar refractivity (Wildman–Crippen MR) is 117 cm³/mol. The number of aryl methyl sites for hydroxylation is 3. The monoisotopic (exact) mass is 422 g/mol. The molecule has 0 bridgehead atoms. The summed E-state index contributed by atoms with van der Waals surface area (Å²) in [6.07, 6.45) is 2.18. The molecule has 0 unspecified atom stereocenters. The molecule has 152 valence electrons. The fraction of sp³-hybridized carbons (Fsp3) is 0.381. The first kappa shape index (κ1) is 22.2. The molecule has 0 aliphatic rings. The Morgan fingerprint density at radius 1 is 1.14 bits per heavy atom. The van der Waals surface area contributed by atoms with Gasteiger partial charge < -0.3 is 5.32 Å². The number of anilines is 2. The highest BCUT2D eigenvalue weighted by Gasteiger charge is 2.32. The number of benzene rings is 2. The average Bonchev–Trinajstić information content (AvgIpc) is 2.62. The Balaban J connectivity index is 2.47. The second-order valence-electron chi connectivity index (χ2n) is 6.87. The summed E-state index contributed by atoms with van der Waals surface area (Å²) < 4.78 is 26.3. The van der Waals surface area contributed by atoms with Crippen molar-refractivity contribution in [3.8, 4) is 0 Å². The molecule has 28 heavy (non-hydrogen) atoms. The number of rotatable bonds is 7. The lowest BCUT2D eigenvalue weighted by molar-refractivity contribution is -0.117. The van der Waals surface area contributed by atoms with Crippen LogP contribution in [0.5, 0.6) is 0 Å². The number of carbonyl (C=O) groups is 1. The van der Waals surface area contributed by atoms with E-state index in [0.29, 0.717) is 17.1 Å². The van der Waals surface area contributed by atoms with Gasteiger partial charge in [0.05, 0.1) is 11.9 Å². The van der Waals surface area contributed by atoms with E-state index in [1.807, 2.05) is 39.0 Å². The van der Waals surface area contributed by atoms with Gasteiger partial charge >= 0.3 is 0 Å². The third-order valence-corrected chi connectivity index (χ3v) is 6.31. The topological polar surface area (TPSA) is 66.5 Å². The second kappa shape index (κ2) is 8.97. The standard InChI is InChI=1S/C21H27ClN2O3S/c1-6-16-10-8-9-15(4)20(16)23-21(25)19(7-2)24(28(5,26)27)17-12-11-14(3)18(22)13-17/h8-13,19H,6-7H2,1-5H3,(H,23,25)/t19-/m1/s1. The van der Waals surface area contributed by atoms with E-state index in [-0.39, 0.29) is 5.91 Å². The van der Waals surface area contributed by atoms with Crippen molar-refractivity contribution in [2.75, 3.05) is 15.9 Å². The molecule has 0 aliphatic carbocycles. The van der Waals surface area contributed by atoms with Crippen LogP contribution in [-0.4, -0.2) is 26.6 Å². The highest BCUT2D eigenvalue weighted by Crippen LogP contribution is 2.29. The van der Waals surface area contributed by atoms with Crippen LogP contribution in [0.1, 0.15) is 37.0 Å². The van der Waals surface area contributed by atoms with E-state index < -0.39 is 16.1 Å². The van der Waals surface area contributed by atoms with Gasteiger partial charge in [-0.1, -0.05) is 49.7 Å². The molecule has 2 aromatic carbocycles. The summed E-state index contributed by atoms with van der Waals surface area (Å²) in [6.45, 7) is 7.56. The van der Waals surface area contributed by atoms with E-state index in [4.69, 9.17) is 11.6 Å². The molecule has 0 fully saturated rings. The summed E-state index contributed by atoms with van der Waals surface area (Å²) in [5.41, 5.74) is 3.90. The number of halogens is 1. The molecule has 1 N–H and O–H groups in total. The molecule has 0 radical (unpaired) electrons. The molecule has 0 spiro atoms. The number of hydrogen-bond acceptors (Lipinski definition) is 3. The van der Waals surface area contributed by atoms with Crippen molar-refractivity contribution < 1.29 is 13.2 Å². The maximum atomic E-state index is 13.1. The van der Waals surface area contributed by atoms with Gasteiger partial charge in [0.1, 0.15) is 6.04 Å². The largest absolute Gasteiger partial charge is 0.324 e. The number of sulfonamides is 1. The minimum absolute atomic E-state index is 0.317. The molecule has 2 aromatic rings. The van der Waals surface area contributed by atoms with Crippen LogP contribution >= 0.6 is 11.6 Å². The summed E-state index contributed by atoms with van der Waals surface area (Å²) in [5.74, 6) is -0.367. The van der Waals surface area contributed by atoms with Crippen LogP contribution < -0.4 is 9.62 Å². The van der Waals surface area contributed by atoms with Gasteiger partial charge in [-0.2, -0.15) is 0 Å². The van der Waals surface area contributed by atoms with Gasteiger partial charge in [0.2, 0.25) is 15.9 Å². The van der Waals surface area contributed by atoms with Crippen LogP contribution in [-0.2, 0) is 21.2 Å². The zero-order chi connectivity index (χ0) is 21.1. The van der Waals surface area contributed by atoms with Gasteiger partial charge in [-0.3, -0.25) is 9.10 Å². The maximum Gasteiger partial charge on any atom is 0.248 e. The van der Waals surface area contributed by atoms with Crippen LogP contribution in [0.2, 0.25) is 5.02 Å². The summed E-state index contributed by atoms with van der Waals surface area (Å²) >= 11 is 6.20. The van der Waals surface area contributed by atoms with E-state index in [1.165, 1.54) is 0 Å². The molecule has 1 atom stereocenters. The van der Waals surface area contributed by atoms with Crippen molar-refractivity contribution in [1.29, 1.82) is 0 Å². The summed E-state index contributed by atoms with van der Waals surface area (Å²) in [7, 11) is -3.71. The number of carbonyl (C=O) groups excluding carboxylic acids is 1. The van der Waals surface area contributed by atoms with Gasteiger partial charge in [-0.05, 0) is 55.5 Å².